The lowest BCUT2D eigenvalue weighted by molar-refractivity contribution is 0.761. The fourth-order valence-electron chi connectivity index (χ4n) is 2.91. The van der Waals surface area contributed by atoms with Gasteiger partial charge in [0.05, 0.1) is 6.04 Å². The molecule has 0 saturated carbocycles. The minimum atomic E-state index is 0.474. The van der Waals surface area contributed by atoms with Crippen molar-refractivity contribution in [1.82, 2.24) is 0 Å². The van der Waals surface area contributed by atoms with E-state index in [1.165, 1.54) is 40.8 Å². The minimum absolute atomic E-state index is 0.474. The Bertz CT molecular complexity index is 569. The lowest BCUT2D eigenvalue weighted by Gasteiger charge is -2.16. The van der Waals surface area contributed by atoms with Gasteiger partial charge in [0.25, 0.3) is 0 Å². The molecule has 1 N–H and O–H groups in total. The van der Waals surface area contributed by atoms with Gasteiger partial charge in [0.15, 0.2) is 0 Å². The maximum Gasteiger partial charge on any atom is 0.0519 e. The molecule has 0 spiro atoms. The Hall–Kier alpha value is -1.76. The van der Waals surface area contributed by atoms with Crippen molar-refractivity contribution in [3.05, 3.63) is 64.7 Å². The third kappa shape index (κ3) is 2.51. The lowest BCUT2D eigenvalue weighted by atomic mass is 10.0. The van der Waals surface area contributed by atoms with Gasteiger partial charge < -0.3 is 5.32 Å². The molecule has 0 bridgehead atoms. The van der Waals surface area contributed by atoms with E-state index in [-0.39, 0.29) is 0 Å². The van der Waals surface area contributed by atoms with E-state index in [0.717, 1.165) is 6.42 Å². The SMILES string of the molecule is CCc1ccc(NC2CCc3ccc(C)cc32)cc1. The summed E-state index contributed by atoms with van der Waals surface area (Å²) in [5.41, 5.74) is 6.98. The Balaban J connectivity index is 1.80. The van der Waals surface area contributed by atoms with Gasteiger partial charge in [-0.25, -0.2) is 0 Å². The van der Waals surface area contributed by atoms with E-state index in [1.807, 2.05) is 0 Å². The maximum absolute atomic E-state index is 3.68. The summed E-state index contributed by atoms with van der Waals surface area (Å²) in [6, 6.07) is 16.1. The highest BCUT2D eigenvalue weighted by Gasteiger charge is 2.21. The predicted octanol–water partition coefficient (Wildman–Crippen LogP) is 4.66. The maximum atomic E-state index is 3.68. The second kappa shape index (κ2) is 5.08. The zero-order valence-electron chi connectivity index (χ0n) is 11.7. The van der Waals surface area contributed by atoms with Crippen LogP contribution in [0.15, 0.2) is 42.5 Å². The van der Waals surface area contributed by atoms with Crippen LogP contribution in [0.2, 0.25) is 0 Å². The van der Waals surface area contributed by atoms with E-state index in [0.29, 0.717) is 6.04 Å². The first-order valence-corrected chi connectivity index (χ1v) is 7.21. The van der Waals surface area contributed by atoms with Crippen LogP contribution in [0.5, 0.6) is 0 Å². The van der Waals surface area contributed by atoms with Crippen molar-refractivity contribution < 1.29 is 0 Å². The molecule has 1 aliphatic rings. The highest BCUT2D eigenvalue weighted by Crippen LogP contribution is 2.34. The zero-order chi connectivity index (χ0) is 13.2. The summed E-state index contributed by atoms with van der Waals surface area (Å²) in [4.78, 5) is 0. The van der Waals surface area contributed by atoms with Crippen molar-refractivity contribution >= 4 is 5.69 Å². The van der Waals surface area contributed by atoms with E-state index < -0.39 is 0 Å². The predicted molar refractivity (Wildman–Crippen MR) is 81.7 cm³/mol. The number of anilines is 1. The Labute approximate surface area is 115 Å². The van der Waals surface area contributed by atoms with E-state index >= 15 is 0 Å². The van der Waals surface area contributed by atoms with Gasteiger partial charge in [-0.1, -0.05) is 42.8 Å². The standard InChI is InChI=1S/C18H21N/c1-3-14-5-9-16(10-6-14)19-18-11-8-15-7-4-13(2)12-17(15)18/h4-7,9-10,12,18-19H,3,8,11H2,1-2H3. The van der Waals surface area contributed by atoms with Gasteiger partial charge >= 0.3 is 0 Å². The molecule has 0 saturated heterocycles. The highest BCUT2D eigenvalue weighted by molar-refractivity contribution is 5.49. The molecule has 1 unspecified atom stereocenters. The van der Waals surface area contributed by atoms with Gasteiger partial charge in [-0.2, -0.15) is 0 Å². The Morgan fingerprint density at radius 1 is 1.11 bits per heavy atom. The molecule has 0 aromatic heterocycles. The van der Waals surface area contributed by atoms with Crippen LogP contribution in [0, 0.1) is 6.92 Å². The Kier molecular flexibility index (Phi) is 3.29. The van der Waals surface area contributed by atoms with Crippen LogP contribution in [-0.2, 0) is 12.8 Å². The third-order valence-electron chi connectivity index (χ3n) is 4.08. The molecule has 2 aromatic rings. The van der Waals surface area contributed by atoms with Gasteiger partial charge in [-0.3, -0.25) is 0 Å². The number of rotatable bonds is 3. The number of benzene rings is 2. The normalized spacial score (nSPS) is 17.3. The molecule has 0 amide bonds. The molecule has 3 rings (SSSR count). The summed E-state index contributed by atoms with van der Waals surface area (Å²) in [5.74, 6) is 0. The molecule has 0 heterocycles. The van der Waals surface area contributed by atoms with Gasteiger partial charge in [-0.15, -0.1) is 0 Å². The fourth-order valence-corrected chi connectivity index (χ4v) is 2.91. The van der Waals surface area contributed by atoms with Crippen LogP contribution in [0.1, 0.15) is 41.6 Å². The number of hydrogen-bond acceptors (Lipinski definition) is 1. The average molecular weight is 251 g/mol. The summed E-state index contributed by atoms with van der Waals surface area (Å²) >= 11 is 0. The number of fused-ring (bicyclic) bond motifs is 1. The Morgan fingerprint density at radius 2 is 1.89 bits per heavy atom. The molecule has 1 aliphatic carbocycles. The first-order valence-electron chi connectivity index (χ1n) is 7.21. The Morgan fingerprint density at radius 3 is 2.63 bits per heavy atom. The molecule has 1 nitrogen and oxygen atoms in total. The van der Waals surface area contributed by atoms with Gasteiger partial charge in [0.2, 0.25) is 0 Å². The summed E-state index contributed by atoms with van der Waals surface area (Å²) in [6.45, 7) is 4.37. The van der Waals surface area contributed by atoms with Crippen LogP contribution in [0.25, 0.3) is 0 Å². The molecule has 1 heteroatoms. The number of nitrogens with one attached hydrogen (secondary N) is 1. The molecule has 0 radical (unpaired) electrons. The van der Waals surface area contributed by atoms with Crippen LogP contribution in [-0.4, -0.2) is 0 Å². The highest BCUT2D eigenvalue weighted by atomic mass is 14.9. The van der Waals surface area contributed by atoms with Crippen molar-refractivity contribution in [3.8, 4) is 0 Å². The summed E-state index contributed by atoms with van der Waals surface area (Å²) in [7, 11) is 0. The van der Waals surface area contributed by atoms with Crippen molar-refractivity contribution in [2.45, 2.75) is 39.2 Å². The van der Waals surface area contributed by atoms with Crippen LogP contribution in [0.3, 0.4) is 0 Å². The molecule has 0 aliphatic heterocycles. The van der Waals surface area contributed by atoms with Gasteiger partial charge in [0.1, 0.15) is 0 Å². The second-order valence-corrected chi connectivity index (χ2v) is 5.49. The molecule has 0 fully saturated rings. The van der Waals surface area contributed by atoms with Crippen molar-refractivity contribution in [2.24, 2.45) is 0 Å². The summed E-state index contributed by atoms with van der Waals surface area (Å²) < 4.78 is 0. The molecule has 2 aromatic carbocycles. The monoisotopic (exact) mass is 251 g/mol. The zero-order valence-corrected chi connectivity index (χ0v) is 11.7. The summed E-state index contributed by atoms with van der Waals surface area (Å²) in [6.07, 6.45) is 3.50. The molecular formula is C18H21N. The smallest absolute Gasteiger partial charge is 0.0519 e. The van der Waals surface area contributed by atoms with Crippen LogP contribution >= 0.6 is 0 Å². The lowest BCUT2D eigenvalue weighted by Crippen LogP contribution is -2.07. The van der Waals surface area contributed by atoms with Crippen molar-refractivity contribution in [3.63, 3.8) is 0 Å². The van der Waals surface area contributed by atoms with E-state index in [2.05, 4.69) is 61.6 Å². The van der Waals surface area contributed by atoms with E-state index in [4.69, 9.17) is 0 Å². The second-order valence-electron chi connectivity index (χ2n) is 5.49. The molecular weight excluding hydrogens is 230 g/mol. The number of aryl methyl sites for hydroxylation is 3. The van der Waals surface area contributed by atoms with Crippen LogP contribution in [0.4, 0.5) is 5.69 Å². The largest absolute Gasteiger partial charge is 0.378 e. The van der Waals surface area contributed by atoms with E-state index in [9.17, 15) is 0 Å². The first kappa shape index (κ1) is 12.3. The van der Waals surface area contributed by atoms with Crippen molar-refractivity contribution in [2.75, 3.05) is 5.32 Å². The van der Waals surface area contributed by atoms with E-state index in [1.54, 1.807) is 0 Å². The van der Waals surface area contributed by atoms with Crippen LogP contribution < -0.4 is 5.32 Å². The quantitative estimate of drug-likeness (QED) is 0.836. The van der Waals surface area contributed by atoms with Crippen molar-refractivity contribution in [1.29, 1.82) is 0 Å². The topological polar surface area (TPSA) is 12.0 Å². The number of hydrogen-bond donors (Lipinski definition) is 1. The molecule has 19 heavy (non-hydrogen) atoms. The van der Waals surface area contributed by atoms with Gasteiger partial charge in [-0.05, 0) is 55.0 Å². The molecule has 1 atom stereocenters. The average Bonchev–Trinajstić information content (AvgIpc) is 2.82. The summed E-state index contributed by atoms with van der Waals surface area (Å²) in [5, 5.41) is 3.68. The minimum Gasteiger partial charge on any atom is -0.378 e. The van der Waals surface area contributed by atoms with Gasteiger partial charge in [0, 0.05) is 5.69 Å². The fraction of sp³-hybridized carbons (Fsp3) is 0.333. The molecule has 98 valence electrons. The third-order valence-corrected chi connectivity index (χ3v) is 4.08. The first-order chi connectivity index (χ1) is 9.26.